The third kappa shape index (κ3) is 7.25. The van der Waals surface area contributed by atoms with Crippen molar-refractivity contribution in [3.63, 3.8) is 0 Å². The molecule has 2 aromatic rings. The normalized spacial score (nSPS) is 11.7. The van der Waals surface area contributed by atoms with Gasteiger partial charge in [-0.25, -0.2) is 0 Å². The molecule has 144 valence electrons. The Morgan fingerprint density at radius 1 is 1.11 bits per heavy atom. The van der Waals surface area contributed by atoms with E-state index in [1.54, 1.807) is 36.4 Å². The Morgan fingerprint density at radius 3 is 2.37 bits per heavy atom. The highest BCUT2D eigenvalue weighted by Crippen LogP contribution is 2.16. The number of carbonyl (C=O) groups excluding carboxylic acids is 2. The molecular formula is C20H23ClN2O3S. The van der Waals surface area contributed by atoms with Crippen molar-refractivity contribution in [1.82, 2.24) is 5.32 Å². The number of carbonyl (C=O) groups is 2. The molecule has 1 atom stereocenters. The Bertz CT molecular complexity index is 747. The second-order valence-electron chi connectivity index (χ2n) is 6.01. The van der Waals surface area contributed by atoms with E-state index in [1.807, 2.05) is 19.1 Å². The van der Waals surface area contributed by atoms with E-state index in [2.05, 4.69) is 10.6 Å². The number of halogens is 1. The summed E-state index contributed by atoms with van der Waals surface area (Å²) in [7, 11) is 0. The summed E-state index contributed by atoms with van der Waals surface area (Å²) < 4.78 is 0. The van der Waals surface area contributed by atoms with Crippen molar-refractivity contribution in [2.24, 2.45) is 0 Å². The highest BCUT2D eigenvalue weighted by molar-refractivity contribution is 7.99. The number of anilines is 1. The van der Waals surface area contributed by atoms with E-state index < -0.39 is 0 Å². The summed E-state index contributed by atoms with van der Waals surface area (Å²) in [5.74, 6) is 0.731. The van der Waals surface area contributed by atoms with Crippen molar-refractivity contribution < 1.29 is 14.7 Å². The topological polar surface area (TPSA) is 78.4 Å². The first-order chi connectivity index (χ1) is 13.0. The lowest BCUT2D eigenvalue weighted by Gasteiger charge is -2.14. The molecule has 0 heterocycles. The minimum absolute atomic E-state index is 0.0744. The van der Waals surface area contributed by atoms with Crippen LogP contribution in [0.15, 0.2) is 48.5 Å². The molecule has 0 bridgehead atoms. The van der Waals surface area contributed by atoms with Crippen molar-refractivity contribution in [1.29, 1.82) is 0 Å². The third-order valence-corrected chi connectivity index (χ3v) is 5.15. The molecule has 2 rings (SSSR count). The standard InChI is InChI=1S/C20H23ClN2O3S/c1-2-17(11-24)23-20(26)15-5-3-14(4-6-15)12-27-13-19(25)22-18-9-7-16(21)8-10-18/h3-10,17,24H,2,11-13H2,1H3,(H,22,25)(H,23,26). The number of benzene rings is 2. The molecule has 0 aromatic heterocycles. The van der Waals surface area contributed by atoms with Crippen LogP contribution in [-0.2, 0) is 10.5 Å². The predicted molar refractivity (Wildman–Crippen MR) is 111 cm³/mol. The van der Waals surface area contributed by atoms with Crippen molar-refractivity contribution in [2.45, 2.75) is 25.1 Å². The van der Waals surface area contributed by atoms with E-state index in [1.165, 1.54) is 11.8 Å². The van der Waals surface area contributed by atoms with Crippen LogP contribution in [0.1, 0.15) is 29.3 Å². The molecule has 5 nitrogen and oxygen atoms in total. The van der Waals surface area contributed by atoms with Gasteiger partial charge in [0.05, 0.1) is 18.4 Å². The molecule has 0 fully saturated rings. The molecule has 2 aromatic carbocycles. The van der Waals surface area contributed by atoms with E-state index in [0.717, 1.165) is 5.56 Å². The molecule has 0 aliphatic carbocycles. The number of hydrogen-bond donors (Lipinski definition) is 3. The van der Waals surface area contributed by atoms with Gasteiger partial charge in [-0.05, 0) is 48.4 Å². The van der Waals surface area contributed by atoms with Gasteiger partial charge in [-0.1, -0.05) is 30.7 Å². The van der Waals surface area contributed by atoms with Crippen LogP contribution in [0.4, 0.5) is 5.69 Å². The summed E-state index contributed by atoms with van der Waals surface area (Å²) in [6.45, 7) is 1.83. The number of aliphatic hydroxyl groups excluding tert-OH is 1. The first-order valence-electron chi connectivity index (χ1n) is 8.65. The second kappa shape index (κ2) is 11.0. The smallest absolute Gasteiger partial charge is 0.251 e. The zero-order chi connectivity index (χ0) is 19.6. The monoisotopic (exact) mass is 406 g/mol. The summed E-state index contributed by atoms with van der Waals surface area (Å²) in [6, 6.07) is 14.0. The number of aliphatic hydroxyl groups is 1. The van der Waals surface area contributed by atoms with Crippen LogP contribution in [0.3, 0.4) is 0 Å². The highest BCUT2D eigenvalue weighted by Gasteiger charge is 2.11. The average molecular weight is 407 g/mol. The van der Waals surface area contributed by atoms with Crippen LogP contribution in [-0.4, -0.2) is 35.3 Å². The largest absolute Gasteiger partial charge is 0.394 e. The van der Waals surface area contributed by atoms with Gasteiger partial charge in [0, 0.05) is 22.0 Å². The molecule has 0 spiro atoms. The van der Waals surface area contributed by atoms with Crippen LogP contribution < -0.4 is 10.6 Å². The van der Waals surface area contributed by atoms with E-state index in [0.29, 0.717) is 34.2 Å². The van der Waals surface area contributed by atoms with Crippen LogP contribution >= 0.6 is 23.4 Å². The molecule has 2 amide bonds. The van der Waals surface area contributed by atoms with Gasteiger partial charge in [-0.2, -0.15) is 0 Å². The Labute approximate surface area is 168 Å². The second-order valence-corrected chi connectivity index (χ2v) is 7.43. The van der Waals surface area contributed by atoms with Gasteiger partial charge in [0.1, 0.15) is 0 Å². The van der Waals surface area contributed by atoms with Crippen LogP contribution in [0.5, 0.6) is 0 Å². The minimum atomic E-state index is -0.230. The fraction of sp³-hybridized carbons (Fsp3) is 0.300. The summed E-state index contributed by atoms with van der Waals surface area (Å²) in [6.07, 6.45) is 0.676. The Kier molecular flexibility index (Phi) is 8.64. The Balaban J connectivity index is 1.76. The van der Waals surface area contributed by atoms with Gasteiger partial charge in [0.15, 0.2) is 0 Å². The predicted octanol–water partition coefficient (Wildman–Crippen LogP) is 3.71. The van der Waals surface area contributed by atoms with Crippen LogP contribution in [0.25, 0.3) is 0 Å². The van der Waals surface area contributed by atoms with Crippen molar-refractivity contribution in [3.05, 3.63) is 64.7 Å². The van der Waals surface area contributed by atoms with E-state index >= 15 is 0 Å². The van der Waals surface area contributed by atoms with Crippen molar-refractivity contribution >= 4 is 40.9 Å². The lowest BCUT2D eigenvalue weighted by atomic mass is 10.1. The maximum Gasteiger partial charge on any atom is 0.251 e. The first-order valence-corrected chi connectivity index (χ1v) is 10.2. The van der Waals surface area contributed by atoms with Crippen LogP contribution in [0.2, 0.25) is 5.02 Å². The van der Waals surface area contributed by atoms with Gasteiger partial charge >= 0.3 is 0 Å². The summed E-state index contributed by atoms with van der Waals surface area (Å²) in [5, 5.41) is 15.4. The molecule has 1 unspecified atom stereocenters. The fourth-order valence-electron chi connectivity index (χ4n) is 2.29. The number of rotatable bonds is 9. The molecule has 7 heteroatoms. The molecule has 0 aliphatic heterocycles. The van der Waals surface area contributed by atoms with Crippen LogP contribution in [0, 0.1) is 0 Å². The third-order valence-electron chi connectivity index (χ3n) is 3.89. The number of thioether (sulfide) groups is 1. The Hall–Kier alpha value is -2.02. The lowest BCUT2D eigenvalue weighted by molar-refractivity contribution is -0.113. The molecule has 27 heavy (non-hydrogen) atoms. The SMILES string of the molecule is CCC(CO)NC(=O)c1ccc(CSCC(=O)Nc2ccc(Cl)cc2)cc1. The molecule has 3 N–H and O–H groups in total. The van der Waals surface area contributed by atoms with E-state index in [9.17, 15) is 9.59 Å². The van der Waals surface area contributed by atoms with Crippen molar-refractivity contribution in [2.75, 3.05) is 17.7 Å². The summed E-state index contributed by atoms with van der Waals surface area (Å²) >= 11 is 7.31. The zero-order valence-corrected chi connectivity index (χ0v) is 16.6. The molecule has 0 aliphatic rings. The average Bonchev–Trinajstić information content (AvgIpc) is 2.68. The lowest BCUT2D eigenvalue weighted by Crippen LogP contribution is -2.36. The first kappa shape index (κ1) is 21.3. The number of amides is 2. The van der Waals surface area contributed by atoms with Gasteiger partial charge in [0.25, 0.3) is 5.91 Å². The maximum absolute atomic E-state index is 12.1. The molecule has 0 saturated carbocycles. The quantitative estimate of drug-likeness (QED) is 0.593. The van der Waals surface area contributed by atoms with Crippen molar-refractivity contribution in [3.8, 4) is 0 Å². The molecule has 0 saturated heterocycles. The van der Waals surface area contributed by atoms with Gasteiger partial charge in [-0.15, -0.1) is 11.8 Å². The van der Waals surface area contributed by atoms with E-state index in [-0.39, 0.29) is 24.5 Å². The summed E-state index contributed by atoms with van der Waals surface area (Å²) in [5.41, 5.74) is 2.30. The minimum Gasteiger partial charge on any atom is -0.394 e. The summed E-state index contributed by atoms with van der Waals surface area (Å²) in [4.78, 5) is 24.0. The number of nitrogens with one attached hydrogen (secondary N) is 2. The fourth-order valence-corrected chi connectivity index (χ4v) is 3.20. The van der Waals surface area contributed by atoms with Gasteiger partial charge in [0.2, 0.25) is 5.91 Å². The van der Waals surface area contributed by atoms with Gasteiger partial charge < -0.3 is 15.7 Å². The zero-order valence-electron chi connectivity index (χ0n) is 15.1. The highest BCUT2D eigenvalue weighted by atomic mass is 35.5. The Morgan fingerprint density at radius 2 is 1.78 bits per heavy atom. The number of hydrogen-bond acceptors (Lipinski definition) is 4. The maximum atomic E-state index is 12.1. The molecule has 0 radical (unpaired) electrons. The molecular weight excluding hydrogens is 384 g/mol. The van der Waals surface area contributed by atoms with E-state index in [4.69, 9.17) is 16.7 Å². The van der Waals surface area contributed by atoms with Gasteiger partial charge in [-0.3, -0.25) is 9.59 Å².